The summed E-state index contributed by atoms with van der Waals surface area (Å²) in [6.45, 7) is 3.10. The van der Waals surface area contributed by atoms with Crippen molar-refractivity contribution >= 4 is 11.5 Å². The van der Waals surface area contributed by atoms with Crippen LogP contribution in [0, 0.1) is 0 Å². The summed E-state index contributed by atoms with van der Waals surface area (Å²) in [6, 6.07) is 2.00. The fraction of sp³-hybridized carbons (Fsp3) is 0.471. The second-order valence-electron chi connectivity index (χ2n) is 6.48. The van der Waals surface area contributed by atoms with E-state index in [2.05, 4.69) is 43.7 Å². The predicted octanol–water partition coefficient (Wildman–Crippen LogP) is 1.57. The van der Waals surface area contributed by atoms with Crippen LogP contribution >= 0.6 is 0 Å². The highest BCUT2D eigenvalue weighted by Crippen LogP contribution is 2.17. The molecule has 24 heavy (non-hydrogen) atoms. The predicted molar refractivity (Wildman–Crippen MR) is 93.1 cm³/mol. The Morgan fingerprint density at radius 3 is 3.21 bits per heavy atom. The smallest absolute Gasteiger partial charge is 0.290 e. The summed E-state index contributed by atoms with van der Waals surface area (Å²) in [5.74, 6) is 0.596. The van der Waals surface area contributed by atoms with Gasteiger partial charge in [0.1, 0.15) is 5.52 Å². The molecule has 2 aliphatic rings. The molecule has 4 rings (SSSR count). The average molecular weight is 326 g/mol. The molecule has 0 aromatic carbocycles. The van der Waals surface area contributed by atoms with Crippen molar-refractivity contribution in [2.75, 3.05) is 25.0 Å². The van der Waals surface area contributed by atoms with Gasteiger partial charge in [0.25, 0.3) is 5.56 Å². The van der Waals surface area contributed by atoms with Gasteiger partial charge in [-0.2, -0.15) is 9.61 Å². The first-order chi connectivity index (χ1) is 11.8. The zero-order valence-electron chi connectivity index (χ0n) is 13.6. The first kappa shape index (κ1) is 15.1. The summed E-state index contributed by atoms with van der Waals surface area (Å²) in [4.78, 5) is 14.2. The molecule has 0 bridgehead atoms. The molecule has 0 spiro atoms. The number of nitrogens with zero attached hydrogens (tertiary/aromatic N) is 4. The Kier molecular flexibility index (Phi) is 4.17. The van der Waals surface area contributed by atoms with Crippen molar-refractivity contribution in [1.82, 2.24) is 24.7 Å². The lowest BCUT2D eigenvalue weighted by atomic mass is 10.0. The van der Waals surface area contributed by atoms with Gasteiger partial charge in [0.05, 0.1) is 6.20 Å². The highest BCUT2D eigenvalue weighted by molar-refractivity contribution is 5.47. The molecule has 1 aliphatic heterocycles. The number of fused-ring (bicyclic) bond motifs is 1. The van der Waals surface area contributed by atoms with Crippen LogP contribution < -0.4 is 10.9 Å². The Labute approximate surface area is 140 Å². The third kappa shape index (κ3) is 3.12. The molecule has 0 radical (unpaired) electrons. The minimum Gasteiger partial charge on any atom is -0.349 e. The van der Waals surface area contributed by atoms with Gasteiger partial charge >= 0.3 is 0 Å². The number of anilines is 1. The van der Waals surface area contributed by atoms with Crippen molar-refractivity contribution in [3.8, 4) is 0 Å². The summed E-state index contributed by atoms with van der Waals surface area (Å²) >= 11 is 0. The van der Waals surface area contributed by atoms with Gasteiger partial charge in [-0.1, -0.05) is 18.2 Å². The number of hydrogen-bond acceptors (Lipinski definition) is 5. The van der Waals surface area contributed by atoms with Crippen molar-refractivity contribution in [3.05, 3.63) is 46.4 Å². The van der Waals surface area contributed by atoms with E-state index in [1.807, 2.05) is 0 Å². The largest absolute Gasteiger partial charge is 0.349 e. The van der Waals surface area contributed by atoms with E-state index in [0.29, 0.717) is 17.5 Å². The van der Waals surface area contributed by atoms with E-state index in [-0.39, 0.29) is 5.56 Å². The minimum atomic E-state index is -0.223. The van der Waals surface area contributed by atoms with Crippen LogP contribution in [0.25, 0.3) is 5.52 Å². The minimum absolute atomic E-state index is 0.223. The van der Waals surface area contributed by atoms with Crippen molar-refractivity contribution in [2.24, 2.45) is 0 Å². The number of piperidine rings is 1. The number of rotatable bonds is 4. The number of hydrogen-bond donors (Lipinski definition) is 2. The molecular weight excluding hydrogens is 304 g/mol. The highest BCUT2D eigenvalue weighted by atomic mass is 16.1. The molecule has 1 fully saturated rings. The van der Waals surface area contributed by atoms with E-state index in [1.54, 1.807) is 16.8 Å². The van der Waals surface area contributed by atoms with Gasteiger partial charge in [0, 0.05) is 19.1 Å². The number of likely N-dealkylation sites (tertiary alicyclic amines) is 1. The summed E-state index contributed by atoms with van der Waals surface area (Å²) < 4.78 is 1.57. The van der Waals surface area contributed by atoms with E-state index >= 15 is 0 Å². The van der Waals surface area contributed by atoms with Crippen LogP contribution in [0.1, 0.15) is 25.7 Å². The van der Waals surface area contributed by atoms with E-state index in [9.17, 15) is 4.79 Å². The lowest BCUT2D eigenvalue weighted by Gasteiger charge is -2.33. The maximum Gasteiger partial charge on any atom is 0.290 e. The Bertz CT molecular complexity index is 833. The Hall–Kier alpha value is -2.41. The van der Waals surface area contributed by atoms with Crippen molar-refractivity contribution in [3.63, 3.8) is 0 Å². The van der Waals surface area contributed by atoms with Gasteiger partial charge in [0.2, 0.25) is 5.95 Å². The van der Waals surface area contributed by atoms with Crippen molar-refractivity contribution < 1.29 is 0 Å². The third-order valence-electron chi connectivity index (χ3n) is 4.66. The van der Waals surface area contributed by atoms with Crippen LogP contribution in [-0.4, -0.2) is 50.4 Å². The average Bonchev–Trinajstić information content (AvgIpc) is 3.10. The van der Waals surface area contributed by atoms with Gasteiger partial charge in [-0.3, -0.25) is 9.69 Å². The summed E-state index contributed by atoms with van der Waals surface area (Å²) in [7, 11) is 0. The maximum absolute atomic E-state index is 11.7. The molecule has 1 unspecified atom stereocenters. The van der Waals surface area contributed by atoms with Gasteiger partial charge < -0.3 is 5.32 Å². The lowest BCUT2D eigenvalue weighted by Crippen LogP contribution is -2.43. The fourth-order valence-corrected chi connectivity index (χ4v) is 3.49. The molecule has 2 aromatic heterocycles. The molecule has 1 saturated heterocycles. The molecule has 2 N–H and O–H groups in total. The third-order valence-corrected chi connectivity index (χ3v) is 4.66. The van der Waals surface area contributed by atoms with Gasteiger partial charge in [-0.15, -0.1) is 5.10 Å². The standard InChI is InChI=1S/C17H22N6O/c24-16-15-8-9-18-23(15)17(21-20-16)19-14-7-4-10-22(12-14)11-13-5-2-1-3-6-13/h2,5-6,8-9,14H,1,3-4,7,10-12H2,(H,19,21)(H,20,24). The number of allylic oxidation sites excluding steroid dienone is 2. The molecule has 1 aliphatic carbocycles. The summed E-state index contributed by atoms with van der Waals surface area (Å²) in [6.07, 6.45) is 13.0. The molecule has 7 heteroatoms. The van der Waals surface area contributed by atoms with Crippen LogP contribution in [0.5, 0.6) is 0 Å². The molecular formula is C17H22N6O. The van der Waals surface area contributed by atoms with Crippen molar-refractivity contribution in [1.29, 1.82) is 0 Å². The first-order valence-corrected chi connectivity index (χ1v) is 8.56. The van der Waals surface area contributed by atoms with Crippen LogP contribution in [0.2, 0.25) is 0 Å². The summed E-state index contributed by atoms with van der Waals surface area (Å²) in [5.41, 5.74) is 1.70. The normalized spacial score (nSPS) is 21.8. The van der Waals surface area contributed by atoms with Crippen LogP contribution in [0.4, 0.5) is 5.95 Å². The number of nitrogens with one attached hydrogen (secondary N) is 2. The Morgan fingerprint density at radius 1 is 1.38 bits per heavy atom. The van der Waals surface area contributed by atoms with Crippen LogP contribution in [0.3, 0.4) is 0 Å². The summed E-state index contributed by atoms with van der Waals surface area (Å²) in [5, 5.41) is 14.3. The molecule has 7 nitrogen and oxygen atoms in total. The molecule has 1 atom stereocenters. The second-order valence-corrected chi connectivity index (χ2v) is 6.48. The maximum atomic E-state index is 11.7. The molecule has 126 valence electrons. The molecule has 3 heterocycles. The van der Waals surface area contributed by atoms with E-state index in [4.69, 9.17) is 0 Å². The Balaban J connectivity index is 1.45. The molecule has 0 amide bonds. The monoisotopic (exact) mass is 326 g/mol. The zero-order chi connectivity index (χ0) is 16.4. The van der Waals surface area contributed by atoms with E-state index in [1.165, 1.54) is 5.57 Å². The fourth-order valence-electron chi connectivity index (χ4n) is 3.49. The topological polar surface area (TPSA) is 78.3 Å². The van der Waals surface area contributed by atoms with Crippen LogP contribution in [0.15, 0.2) is 40.9 Å². The Morgan fingerprint density at radius 2 is 2.33 bits per heavy atom. The van der Waals surface area contributed by atoms with Crippen LogP contribution in [-0.2, 0) is 0 Å². The van der Waals surface area contributed by atoms with E-state index in [0.717, 1.165) is 45.3 Å². The SMILES string of the molecule is O=c1[nH]nc(NC2CCCN(CC3=CCCC=C3)C2)n2nccc12. The van der Waals surface area contributed by atoms with Gasteiger partial charge in [-0.05, 0) is 43.9 Å². The van der Waals surface area contributed by atoms with E-state index < -0.39 is 0 Å². The van der Waals surface area contributed by atoms with Gasteiger partial charge in [-0.25, -0.2) is 5.10 Å². The molecule has 0 saturated carbocycles. The quantitative estimate of drug-likeness (QED) is 0.892. The molecule has 2 aromatic rings. The zero-order valence-corrected chi connectivity index (χ0v) is 13.6. The van der Waals surface area contributed by atoms with Crippen molar-refractivity contribution in [2.45, 2.75) is 31.7 Å². The highest BCUT2D eigenvalue weighted by Gasteiger charge is 2.21. The number of aromatic amines is 1. The first-order valence-electron chi connectivity index (χ1n) is 8.56. The number of H-pyrrole nitrogens is 1. The number of aromatic nitrogens is 4. The second kappa shape index (κ2) is 6.60. The van der Waals surface area contributed by atoms with Gasteiger partial charge in [0.15, 0.2) is 0 Å². The lowest BCUT2D eigenvalue weighted by molar-refractivity contribution is 0.233.